The third-order valence-electron chi connectivity index (χ3n) is 3.40. The van der Waals surface area contributed by atoms with Gasteiger partial charge in [-0.2, -0.15) is 0 Å². The molecule has 1 aromatic rings. The summed E-state index contributed by atoms with van der Waals surface area (Å²) < 4.78 is 0. The lowest BCUT2D eigenvalue weighted by atomic mass is 9.83. The Kier molecular flexibility index (Phi) is 5.35. The number of carbonyl (C=O) groups is 1. The Balaban J connectivity index is 3.07. The predicted octanol–water partition coefficient (Wildman–Crippen LogP) is 2.48. The highest BCUT2D eigenvalue weighted by atomic mass is 16.1. The lowest BCUT2D eigenvalue weighted by Crippen LogP contribution is -2.45. The molecule has 100 valence electrons. The van der Waals surface area contributed by atoms with Crippen LogP contribution in [0, 0.1) is 6.92 Å². The van der Waals surface area contributed by atoms with Crippen LogP contribution in [0.25, 0.3) is 0 Å². The first-order valence-electron chi connectivity index (χ1n) is 6.64. The van der Waals surface area contributed by atoms with Gasteiger partial charge in [0.1, 0.15) is 0 Å². The summed E-state index contributed by atoms with van der Waals surface area (Å²) >= 11 is 0. The molecule has 0 spiro atoms. The Labute approximate surface area is 110 Å². The Morgan fingerprint density at radius 1 is 1.28 bits per heavy atom. The first kappa shape index (κ1) is 14.7. The first-order chi connectivity index (χ1) is 8.54. The first-order valence-corrected chi connectivity index (χ1v) is 6.64. The summed E-state index contributed by atoms with van der Waals surface area (Å²) in [5.41, 5.74) is 7.45. The van der Waals surface area contributed by atoms with E-state index in [2.05, 4.69) is 50.4 Å². The monoisotopic (exact) mass is 248 g/mol. The van der Waals surface area contributed by atoms with E-state index in [9.17, 15) is 4.79 Å². The molecule has 3 N–H and O–H groups in total. The zero-order valence-electron chi connectivity index (χ0n) is 11.6. The summed E-state index contributed by atoms with van der Waals surface area (Å²) in [6.45, 7) is 7.15. The van der Waals surface area contributed by atoms with Gasteiger partial charge in [0, 0.05) is 6.42 Å². The summed E-state index contributed by atoms with van der Waals surface area (Å²) in [4.78, 5) is 11.4. The number of nitrogens with two attached hydrogens (primary N) is 1. The number of benzene rings is 1. The smallest absolute Gasteiger partial charge is 0.219 e. The molecule has 0 fully saturated rings. The molecule has 0 radical (unpaired) electrons. The van der Waals surface area contributed by atoms with Crippen molar-refractivity contribution < 1.29 is 4.79 Å². The van der Waals surface area contributed by atoms with Gasteiger partial charge >= 0.3 is 0 Å². The van der Waals surface area contributed by atoms with E-state index in [0.29, 0.717) is 6.42 Å². The number of hydrogen-bond donors (Lipinski definition) is 2. The van der Waals surface area contributed by atoms with Crippen LogP contribution in [0.2, 0.25) is 0 Å². The zero-order valence-corrected chi connectivity index (χ0v) is 11.6. The summed E-state index contributed by atoms with van der Waals surface area (Å²) in [5.74, 6) is -0.263. The standard InChI is InChI=1S/C15H24N2O/c1-4-10-17-15(5-2,11-14(16)18)13-8-6-12(3)7-9-13/h6-9,17H,4-5,10-11H2,1-3H3,(H2,16,18). The van der Waals surface area contributed by atoms with Gasteiger partial charge in [-0.3, -0.25) is 4.79 Å². The average Bonchev–Trinajstić information content (AvgIpc) is 2.35. The lowest BCUT2D eigenvalue weighted by molar-refractivity contribution is -0.119. The van der Waals surface area contributed by atoms with Gasteiger partial charge in [-0.15, -0.1) is 0 Å². The van der Waals surface area contributed by atoms with Crippen molar-refractivity contribution in [1.82, 2.24) is 5.32 Å². The summed E-state index contributed by atoms with van der Waals surface area (Å²) in [6, 6.07) is 8.33. The molecule has 0 bridgehead atoms. The molecule has 1 unspecified atom stereocenters. The summed E-state index contributed by atoms with van der Waals surface area (Å²) in [7, 11) is 0. The molecule has 0 aliphatic carbocycles. The van der Waals surface area contributed by atoms with Gasteiger partial charge in [0.05, 0.1) is 5.54 Å². The van der Waals surface area contributed by atoms with E-state index < -0.39 is 0 Å². The second-order valence-corrected chi connectivity index (χ2v) is 4.87. The zero-order chi connectivity index (χ0) is 13.6. The fourth-order valence-corrected chi connectivity index (χ4v) is 2.26. The molecule has 18 heavy (non-hydrogen) atoms. The maximum Gasteiger partial charge on any atom is 0.219 e. The summed E-state index contributed by atoms with van der Waals surface area (Å²) in [5, 5.41) is 3.50. The van der Waals surface area contributed by atoms with Gasteiger partial charge < -0.3 is 11.1 Å². The van der Waals surface area contributed by atoms with Crippen molar-refractivity contribution in [3.63, 3.8) is 0 Å². The second-order valence-electron chi connectivity index (χ2n) is 4.87. The SMILES string of the molecule is CCCNC(CC)(CC(N)=O)c1ccc(C)cc1. The van der Waals surface area contributed by atoms with E-state index in [1.165, 1.54) is 5.56 Å². The Hall–Kier alpha value is -1.35. The van der Waals surface area contributed by atoms with Crippen molar-refractivity contribution in [3.8, 4) is 0 Å². The quantitative estimate of drug-likeness (QED) is 0.779. The van der Waals surface area contributed by atoms with Gasteiger partial charge in [-0.1, -0.05) is 43.7 Å². The Bertz CT molecular complexity index is 386. The number of hydrogen-bond acceptors (Lipinski definition) is 2. The van der Waals surface area contributed by atoms with Crippen molar-refractivity contribution in [2.24, 2.45) is 5.73 Å². The van der Waals surface area contributed by atoms with E-state index >= 15 is 0 Å². The fraction of sp³-hybridized carbons (Fsp3) is 0.533. The molecule has 0 aromatic heterocycles. The second kappa shape index (κ2) is 6.55. The van der Waals surface area contributed by atoms with Crippen LogP contribution in [0.1, 0.15) is 44.2 Å². The molecule has 1 aromatic carbocycles. The van der Waals surface area contributed by atoms with Gasteiger partial charge in [-0.05, 0) is 31.9 Å². The van der Waals surface area contributed by atoms with E-state index in [1.54, 1.807) is 0 Å². The van der Waals surface area contributed by atoms with E-state index in [1.807, 2.05) is 0 Å². The largest absolute Gasteiger partial charge is 0.370 e. The normalized spacial score (nSPS) is 14.2. The van der Waals surface area contributed by atoms with Crippen LogP contribution in [0.15, 0.2) is 24.3 Å². The number of nitrogens with one attached hydrogen (secondary N) is 1. The maximum absolute atomic E-state index is 11.4. The number of primary amides is 1. The summed E-state index contributed by atoms with van der Waals surface area (Å²) in [6.07, 6.45) is 2.22. The number of carbonyl (C=O) groups excluding carboxylic acids is 1. The maximum atomic E-state index is 11.4. The van der Waals surface area contributed by atoms with Crippen LogP contribution in [-0.2, 0) is 10.3 Å². The molecule has 0 aliphatic rings. The molecule has 0 aliphatic heterocycles. The minimum atomic E-state index is -0.324. The number of aryl methyl sites for hydroxylation is 1. The molecule has 1 rings (SSSR count). The topological polar surface area (TPSA) is 55.1 Å². The van der Waals surface area contributed by atoms with E-state index in [-0.39, 0.29) is 11.4 Å². The molecule has 1 amide bonds. The molecular weight excluding hydrogens is 224 g/mol. The van der Waals surface area contributed by atoms with Crippen LogP contribution in [0.4, 0.5) is 0 Å². The molecule has 0 saturated carbocycles. The molecule has 0 heterocycles. The molecule has 0 saturated heterocycles. The van der Waals surface area contributed by atoms with Gasteiger partial charge in [0.25, 0.3) is 0 Å². The minimum absolute atomic E-state index is 0.263. The number of rotatable bonds is 7. The van der Waals surface area contributed by atoms with Crippen LogP contribution >= 0.6 is 0 Å². The molecular formula is C15H24N2O. The molecule has 3 nitrogen and oxygen atoms in total. The van der Waals surface area contributed by atoms with Gasteiger partial charge in [0.15, 0.2) is 0 Å². The van der Waals surface area contributed by atoms with Gasteiger partial charge in [-0.25, -0.2) is 0 Å². The van der Waals surface area contributed by atoms with Crippen molar-refractivity contribution in [1.29, 1.82) is 0 Å². The van der Waals surface area contributed by atoms with E-state index in [0.717, 1.165) is 24.9 Å². The van der Waals surface area contributed by atoms with Crippen LogP contribution < -0.4 is 11.1 Å². The fourth-order valence-electron chi connectivity index (χ4n) is 2.26. The average molecular weight is 248 g/mol. The Morgan fingerprint density at radius 2 is 1.89 bits per heavy atom. The van der Waals surface area contributed by atoms with Crippen molar-refractivity contribution in [3.05, 3.63) is 35.4 Å². The van der Waals surface area contributed by atoms with Crippen LogP contribution in [-0.4, -0.2) is 12.5 Å². The van der Waals surface area contributed by atoms with Crippen molar-refractivity contribution >= 4 is 5.91 Å². The highest BCUT2D eigenvalue weighted by Gasteiger charge is 2.31. The minimum Gasteiger partial charge on any atom is -0.370 e. The van der Waals surface area contributed by atoms with Crippen molar-refractivity contribution in [2.75, 3.05) is 6.54 Å². The third-order valence-corrected chi connectivity index (χ3v) is 3.40. The highest BCUT2D eigenvalue weighted by Crippen LogP contribution is 2.29. The van der Waals surface area contributed by atoms with Crippen molar-refractivity contribution in [2.45, 2.75) is 45.6 Å². The van der Waals surface area contributed by atoms with E-state index in [4.69, 9.17) is 5.73 Å². The van der Waals surface area contributed by atoms with Crippen LogP contribution in [0.5, 0.6) is 0 Å². The lowest BCUT2D eigenvalue weighted by Gasteiger charge is -2.34. The third kappa shape index (κ3) is 3.57. The van der Waals surface area contributed by atoms with Gasteiger partial charge in [0.2, 0.25) is 5.91 Å². The van der Waals surface area contributed by atoms with Crippen LogP contribution in [0.3, 0.4) is 0 Å². The predicted molar refractivity (Wildman–Crippen MR) is 75.3 cm³/mol. The molecule has 1 atom stereocenters. The number of amides is 1. The molecule has 3 heteroatoms. The highest BCUT2D eigenvalue weighted by molar-refractivity contribution is 5.75. The Morgan fingerprint density at radius 3 is 2.33 bits per heavy atom.